The van der Waals surface area contributed by atoms with E-state index < -0.39 is 0 Å². The summed E-state index contributed by atoms with van der Waals surface area (Å²) in [6.07, 6.45) is 3.41. The summed E-state index contributed by atoms with van der Waals surface area (Å²) in [7, 11) is 0. The third-order valence-corrected chi connectivity index (χ3v) is 3.25. The van der Waals surface area contributed by atoms with Crippen molar-refractivity contribution in [1.29, 1.82) is 0 Å². The molecule has 1 N–H and O–H groups in total. The largest absolute Gasteiger partial charge is 0.316 e. The molecule has 0 bridgehead atoms. The number of nitrogens with one attached hydrogen (secondary N) is 1. The molecule has 0 saturated heterocycles. The smallest absolute Gasteiger partial charge is 0.00888 e. The summed E-state index contributed by atoms with van der Waals surface area (Å²) in [5.74, 6) is 7.45. The molecule has 1 unspecified atom stereocenters. The van der Waals surface area contributed by atoms with Gasteiger partial charge in [-0.25, -0.2) is 0 Å². The van der Waals surface area contributed by atoms with Crippen molar-refractivity contribution in [3.63, 3.8) is 0 Å². The summed E-state index contributed by atoms with van der Waals surface area (Å²) in [6, 6.07) is 10.8. The van der Waals surface area contributed by atoms with Crippen LogP contribution in [-0.2, 0) is 0 Å². The maximum atomic E-state index is 3.59. The molecule has 1 rings (SSSR count). The molecule has 0 saturated carbocycles. The molecule has 1 aromatic carbocycles. The molecular formula is C18H27N. The lowest BCUT2D eigenvalue weighted by molar-refractivity contribution is 0.494. The van der Waals surface area contributed by atoms with E-state index in [1.54, 1.807) is 0 Å². The first-order valence-electron chi connectivity index (χ1n) is 7.39. The van der Waals surface area contributed by atoms with Crippen molar-refractivity contribution in [2.45, 2.75) is 46.0 Å². The van der Waals surface area contributed by atoms with Crippen LogP contribution in [0, 0.1) is 17.8 Å². The summed E-state index contributed by atoms with van der Waals surface area (Å²) < 4.78 is 0. The summed E-state index contributed by atoms with van der Waals surface area (Å²) in [5.41, 5.74) is 1.45. The molecule has 0 aliphatic carbocycles. The number of benzene rings is 1. The Labute approximate surface area is 118 Å². The molecule has 1 aromatic rings. The number of unbranched alkanes of at least 4 members (excludes halogenated alkanes) is 1. The SMILES string of the molecule is CC#CCCCC(CNCC(C)C)c1ccccc1. The molecule has 1 heteroatoms. The van der Waals surface area contributed by atoms with Gasteiger partial charge in [0.15, 0.2) is 0 Å². The topological polar surface area (TPSA) is 12.0 Å². The Hall–Kier alpha value is -1.26. The van der Waals surface area contributed by atoms with Crippen molar-refractivity contribution in [2.24, 2.45) is 5.92 Å². The Morgan fingerprint density at radius 2 is 1.84 bits per heavy atom. The summed E-state index contributed by atoms with van der Waals surface area (Å²) in [6.45, 7) is 8.58. The van der Waals surface area contributed by atoms with Gasteiger partial charge in [0.25, 0.3) is 0 Å². The minimum absolute atomic E-state index is 0.610. The fourth-order valence-corrected chi connectivity index (χ4v) is 2.22. The quantitative estimate of drug-likeness (QED) is 0.543. The summed E-state index contributed by atoms with van der Waals surface area (Å²) >= 11 is 0. The highest BCUT2D eigenvalue weighted by Gasteiger charge is 2.10. The number of rotatable bonds is 8. The van der Waals surface area contributed by atoms with Crippen LogP contribution in [0.5, 0.6) is 0 Å². The van der Waals surface area contributed by atoms with Crippen LogP contribution in [0.15, 0.2) is 30.3 Å². The van der Waals surface area contributed by atoms with E-state index in [1.807, 2.05) is 6.92 Å². The monoisotopic (exact) mass is 257 g/mol. The first-order valence-corrected chi connectivity index (χ1v) is 7.39. The molecule has 0 aliphatic heterocycles. The molecule has 0 radical (unpaired) electrons. The van der Waals surface area contributed by atoms with Gasteiger partial charge < -0.3 is 5.32 Å². The maximum absolute atomic E-state index is 3.59. The fourth-order valence-electron chi connectivity index (χ4n) is 2.22. The van der Waals surface area contributed by atoms with Crippen molar-refractivity contribution in [1.82, 2.24) is 5.32 Å². The molecule has 0 fully saturated rings. The van der Waals surface area contributed by atoms with Gasteiger partial charge in [-0.1, -0.05) is 44.2 Å². The van der Waals surface area contributed by atoms with Gasteiger partial charge in [-0.2, -0.15) is 0 Å². The normalized spacial score (nSPS) is 12.0. The van der Waals surface area contributed by atoms with Crippen molar-refractivity contribution >= 4 is 0 Å². The van der Waals surface area contributed by atoms with E-state index in [0.717, 1.165) is 19.5 Å². The second-order valence-corrected chi connectivity index (χ2v) is 5.48. The van der Waals surface area contributed by atoms with E-state index in [1.165, 1.54) is 18.4 Å². The van der Waals surface area contributed by atoms with Crippen LogP contribution in [0.3, 0.4) is 0 Å². The predicted octanol–water partition coefficient (Wildman–Crippen LogP) is 4.21. The minimum Gasteiger partial charge on any atom is -0.316 e. The summed E-state index contributed by atoms with van der Waals surface area (Å²) in [4.78, 5) is 0. The van der Waals surface area contributed by atoms with Gasteiger partial charge in [0.2, 0.25) is 0 Å². The fraction of sp³-hybridized carbons (Fsp3) is 0.556. The predicted molar refractivity (Wildman–Crippen MR) is 84.2 cm³/mol. The average molecular weight is 257 g/mol. The van der Waals surface area contributed by atoms with Gasteiger partial charge in [-0.15, -0.1) is 11.8 Å². The van der Waals surface area contributed by atoms with Crippen molar-refractivity contribution in [3.05, 3.63) is 35.9 Å². The average Bonchev–Trinajstić information content (AvgIpc) is 2.42. The molecule has 0 aliphatic rings. The summed E-state index contributed by atoms with van der Waals surface area (Å²) in [5, 5.41) is 3.59. The van der Waals surface area contributed by atoms with Crippen molar-refractivity contribution in [2.75, 3.05) is 13.1 Å². The highest BCUT2D eigenvalue weighted by Crippen LogP contribution is 2.21. The van der Waals surface area contributed by atoms with E-state index in [0.29, 0.717) is 11.8 Å². The standard InChI is InChI=1S/C18H27N/c1-4-5-6-8-13-18(15-19-14-16(2)3)17-11-9-7-10-12-17/h7,9-12,16,18-19H,6,8,13-15H2,1-3H3. The molecule has 1 atom stereocenters. The van der Waals surface area contributed by atoms with Crippen LogP contribution in [0.25, 0.3) is 0 Å². The highest BCUT2D eigenvalue weighted by atomic mass is 14.9. The van der Waals surface area contributed by atoms with Crippen LogP contribution in [0.2, 0.25) is 0 Å². The number of hydrogen-bond donors (Lipinski definition) is 1. The zero-order valence-electron chi connectivity index (χ0n) is 12.6. The molecule has 0 spiro atoms. The first kappa shape index (κ1) is 15.8. The zero-order chi connectivity index (χ0) is 13.9. The van der Waals surface area contributed by atoms with E-state index in [4.69, 9.17) is 0 Å². The number of hydrogen-bond acceptors (Lipinski definition) is 1. The molecule has 19 heavy (non-hydrogen) atoms. The zero-order valence-corrected chi connectivity index (χ0v) is 12.6. The van der Waals surface area contributed by atoms with Crippen LogP contribution >= 0.6 is 0 Å². The van der Waals surface area contributed by atoms with Gasteiger partial charge in [0.1, 0.15) is 0 Å². The van der Waals surface area contributed by atoms with Crippen LogP contribution < -0.4 is 5.32 Å². The van der Waals surface area contributed by atoms with Gasteiger partial charge in [-0.05, 0) is 43.7 Å². The molecule has 104 valence electrons. The lowest BCUT2D eigenvalue weighted by atomic mass is 9.93. The van der Waals surface area contributed by atoms with Crippen LogP contribution in [-0.4, -0.2) is 13.1 Å². The van der Waals surface area contributed by atoms with Gasteiger partial charge in [0.05, 0.1) is 0 Å². The Kier molecular flexibility index (Phi) is 8.02. The lowest BCUT2D eigenvalue weighted by Gasteiger charge is -2.18. The third-order valence-electron chi connectivity index (χ3n) is 3.25. The van der Waals surface area contributed by atoms with Crippen LogP contribution in [0.4, 0.5) is 0 Å². The van der Waals surface area contributed by atoms with Gasteiger partial charge >= 0.3 is 0 Å². The Morgan fingerprint density at radius 1 is 1.11 bits per heavy atom. The molecule has 0 heterocycles. The Balaban J connectivity index is 2.49. The van der Waals surface area contributed by atoms with E-state index in [2.05, 4.69) is 61.3 Å². The van der Waals surface area contributed by atoms with Crippen molar-refractivity contribution in [3.8, 4) is 11.8 Å². The Bertz CT molecular complexity index is 383. The van der Waals surface area contributed by atoms with E-state index in [9.17, 15) is 0 Å². The lowest BCUT2D eigenvalue weighted by Crippen LogP contribution is -2.25. The first-order chi connectivity index (χ1) is 9.24. The van der Waals surface area contributed by atoms with Crippen LogP contribution in [0.1, 0.15) is 51.5 Å². The van der Waals surface area contributed by atoms with Gasteiger partial charge in [0, 0.05) is 13.0 Å². The Morgan fingerprint density at radius 3 is 2.47 bits per heavy atom. The maximum Gasteiger partial charge on any atom is 0.00888 e. The van der Waals surface area contributed by atoms with E-state index in [-0.39, 0.29) is 0 Å². The highest BCUT2D eigenvalue weighted by molar-refractivity contribution is 5.19. The molecule has 0 amide bonds. The second kappa shape index (κ2) is 9.64. The van der Waals surface area contributed by atoms with Gasteiger partial charge in [-0.3, -0.25) is 0 Å². The van der Waals surface area contributed by atoms with E-state index >= 15 is 0 Å². The molecular weight excluding hydrogens is 230 g/mol. The molecule has 0 aromatic heterocycles. The second-order valence-electron chi connectivity index (χ2n) is 5.48. The molecule has 1 nitrogen and oxygen atoms in total. The third kappa shape index (κ3) is 7.03. The minimum atomic E-state index is 0.610. The van der Waals surface area contributed by atoms with Crippen molar-refractivity contribution < 1.29 is 0 Å².